The van der Waals surface area contributed by atoms with Crippen molar-refractivity contribution in [1.82, 2.24) is 5.32 Å². The van der Waals surface area contributed by atoms with Gasteiger partial charge in [-0.15, -0.1) is 0 Å². The number of nitrogens with one attached hydrogen (secondary N) is 1. The Balaban J connectivity index is 1.88. The van der Waals surface area contributed by atoms with Crippen LogP contribution < -0.4 is 10.2 Å². The minimum Gasteiger partial charge on any atom is -0.467 e. The number of amides is 2. The summed E-state index contributed by atoms with van der Waals surface area (Å²) < 4.78 is 5.15. The van der Waals surface area contributed by atoms with Gasteiger partial charge in [0, 0.05) is 19.7 Å². The van der Waals surface area contributed by atoms with Gasteiger partial charge in [-0.3, -0.25) is 9.59 Å². The smallest absolute Gasteiger partial charge is 0.224 e. The summed E-state index contributed by atoms with van der Waals surface area (Å²) >= 11 is 0. The van der Waals surface area contributed by atoms with Crippen molar-refractivity contribution in [2.75, 3.05) is 11.9 Å². The van der Waals surface area contributed by atoms with E-state index in [9.17, 15) is 9.59 Å². The van der Waals surface area contributed by atoms with E-state index in [0.717, 1.165) is 17.0 Å². The summed E-state index contributed by atoms with van der Waals surface area (Å²) in [4.78, 5) is 24.6. The summed E-state index contributed by atoms with van der Waals surface area (Å²) in [6, 6.07) is 11.0. The molecule has 0 aliphatic carbocycles. The molecular weight excluding hydrogens is 268 g/mol. The number of hydrogen-bond acceptors (Lipinski definition) is 3. The number of carbonyl (C=O) groups is 2. The van der Waals surface area contributed by atoms with Gasteiger partial charge in [-0.2, -0.15) is 0 Å². The molecule has 21 heavy (non-hydrogen) atoms. The molecule has 2 amide bonds. The number of carbonyl (C=O) groups excluding carboxylic acids is 2. The van der Waals surface area contributed by atoms with Gasteiger partial charge in [0.25, 0.3) is 0 Å². The second-order valence-corrected chi connectivity index (χ2v) is 4.78. The molecule has 0 saturated carbocycles. The number of rotatable bonds is 5. The topological polar surface area (TPSA) is 62.6 Å². The van der Waals surface area contributed by atoms with Gasteiger partial charge in [-0.25, -0.2) is 0 Å². The predicted octanol–water partition coefficient (Wildman–Crippen LogP) is 2.12. The molecule has 0 radical (unpaired) electrons. The molecule has 1 N–H and O–H groups in total. The highest BCUT2D eigenvalue weighted by atomic mass is 16.3. The molecule has 0 unspecified atom stereocenters. The van der Waals surface area contributed by atoms with Crippen molar-refractivity contribution in [3.05, 3.63) is 54.0 Å². The molecule has 0 aliphatic heterocycles. The lowest BCUT2D eigenvalue weighted by atomic mass is 10.1. The van der Waals surface area contributed by atoms with Gasteiger partial charge < -0.3 is 14.6 Å². The average molecular weight is 286 g/mol. The Labute approximate surface area is 123 Å². The van der Waals surface area contributed by atoms with E-state index < -0.39 is 0 Å². The van der Waals surface area contributed by atoms with Crippen molar-refractivity contribution < 1.29 is 14.0 Å². The van der Waals surface area contributed by atoms with Gasteiger partial charge in [-0.1, -0.05) is 12.1 Å². The van der Waals surface area contributed by atoms with E-state index in [1.807, 2.05) is 30.3 Å². The predicted molar refractivity (Wildman–Crippen MR) is 79.8 cm³/mol. The van der Waals surface area contributed by atoms with Gasteiger partial charge >= 0.3 is 0 Å². The third kappa shape index (κ3) is 4.21. The molecule has 1 aromatic carbocycles. The monoisotopic (exact) mass is 286 g/mol. The quantitative estimate of drug-likeness (QED) is 0.915. The molecule has 5 nitrogen and oxygen atoms in total. The molecule has 110 valence electrons. The Kier molecular flexibility index (Phi) is 4.77. The zero-order valence-corrected chi connectivity index (χ0v) is 12.1. The largest absolute Gasteiger partial charge is 0.467 e. The maximum absolute atomic E-state index is 11.8. The Morgan fingerprint density at radius 2 is 1.90 bits per heavy atom. The second-order valence-electron chi connectivity index (χ2n) is 4.78. The minimum atomic E-state index is -0.0703. The fourth-order valence-electron chi connectivity index (χ4n) is 1.87. The van der Waals surface area contributed by atoms with Crippen molar-refractivity contribution in [2.24, 2.45) is 0 Å². The van der Waals surface area contributed by atoms with E-state index in [0.29, 0.717) is 13.0 Å². The number of nitrogens with zero attached hydrogens (tertiary/aromatic N) is 1. The van der Waals surface area contributed by atoms with Crippen LogP contribution in [0.1, 0.15) is 18.2 Å². The second kappa shape index (κ2) is 6.74. The van der Waals surface area contributed by atoms with Crippen LogP contribution in [0.4, 0.5) is 5.69 Å². The van der Waals surface area contributed by atoms with E-state index in [-0.39, 0.29) is 11.8 Å². The molecule has 2 aromatic rings. The van der Waals surface area contributed by atoms with Crippen LogP contribution in [0.3, 0.4) is 0 Å². The van der Waals surface area contributed by atoms with Gasteiger partial charge in [-0.05, 0) is 29.8 Å². The first kappa shape index (κ1) is 14.8. The number of anilines is 1. The number of hydrogen-bond donors (Lipinski definition) is 1. The van der Waals surface area contributed by atoms with Crippen LogP contribution in [-0.2, 0) is 22.6 Å². The van der Waals surface area contributed by atoms with Crippen molar-refractivity contribution in [3.63, 3.8) is 0 Å². The van der Waals surface area contributed by atoms with E-state index in [1.54, 1.807) is 24.3 Å². The summed E-state index contributed by atoms with van der Waals surface area (Å²) in [6.45, 7) is 1.90. The fourth-order valence-corrected chi connectivity index (χ4v) is 1.87. The molecule has 0 aliphatic rings. The maximum atomic E-state index is 11.8. The first-order valence-electron chi connectivity index (χ1n) is 6.68. The number of benzene rings is 1. The highest BCUT2D eigenvalue weighted by molar-refractivity contribution is 5.90. The third-order valence-corrected chi connectivity index (χ3v) is 3.20. The molecule has 2 rings (SSSR count). The Bertz CT molecular complexity index is 603. The van der Waals surface area contributed by atoms with Crippen LogP contribution in [0.2, 0.25) is 0 Å². The molecule has 0 fully saturated rings. The zero-order chi connectivity index (χ0) is 15.2. The van der Waals surface area contributed by atoms with E-state index >= 15 is 0 Å². The van der Waals surface area contributed by atoms with Crippen molar-refractivity contribution in [1.29, 1.82) is 0 Å². The summed E-state index contributed by atoms with van der Waals surface area (Å²) in [5, 5.41) is 2.79. The summed E-state index contributed by atoms with van der Waals surface area (Å²) in [7, 11) is 1.72. The molecule has 0 atom stereocenters. The number of furan rings is 1. The highest BCUT2D eigenvalue weighted by Crippen LogP contribution is 2.14. The SMILES string of the molecule is CC(=O)N(C)c1ccc(CC(=O)NCc2ccco2)cc1. The summed E-state index contributed by atoms with van der Waals surface area (Å²) in [5.74, 6) is 0.625. The molecule has 0 saturated heterocycles. The van der Waals surface area contributed by atoms with E-state index in [1.165, 1.54) is 6.92 Å². The molecule has 0 bridgehead atoms. The van der Waals surface area contributed by atoms with Crippen LogP contribution in [0.25, 0.3) is 0 Å². The van der Waals surface area contributed by atoms with E-state index in [2.05, 4.69) is 5.32 Å². The average Bonchev–Trinajstić information content (AvgIpc) is 2.98. The Morgan fingerprint density at radius 1 is 1.19 bits per heavy atom. The van der Waals surface area contributed by atoms with Crippen LogP contribution >= 0.6 is 0 Å². The molecule has 0 spiro atoms. The first-order chi connectivity index (χ1) is 10.1. The Morgan fingerprint density at radius 3 is 2.48 bits per heavy atom. The van der Waals surface area contributed by atoms with Gasteiger partial charge in [0.1, 0.15) is 5.76 Å². The normalized spacial score (nSPS) is 10.2. The van der Waals surface area contributed by atoms with Crippen LogP contribution in [0.5, 0.6) is 0 Å². The van der Waals surface area contributed by atoms with Crippen molar-refractivity contribution in [3.8, 4) is 0 Å². The summed E-state index contributed by atoms with van der Waals surface area (Å²) in [5.41, 5.74) is 1.70. The first-order valence-corrected chi connectivity index (χ1v) is 6.68. The Hall–Kier alpha value is -2.56. The maximum Gasteiger partial charge on any atom is 0.224 e. The fraction of sp³-hybridized carbons (Fsp3) is 0.250. The minimum absolute atomic E-state index is 0.0288. The third-order valence-electron chi connectivity index (χ3n) is 3.20. The van der Waals surface area contributed by atoms with E-state index in [4.69, 9.17) is 4.42 Å². The van der Waals surface area contributed by atoms with Crippen molar-refractivity contribution in [2.45, 2.75) is 19.9 Å². The lowest BCUT2D eigenvalue weighted by molar-refractivity contribution is -0.120. The zero-order valence-electron chi connectivity index (χ0n) is 12.1. The van der Waals surface area contributed by atoms with Gasteiger partial charge in [0.05, 0.1) is 19.2 Å². The van der Waals surface area contributed by atoms with Gasteiger partial charge in [0.15, 0.2) is 0 Å². The standard InChI is InChI=1S/C16H18N2O3/c1-12(19)18(2)14-7-5-13(6-8-14)10-16(20)17-11-15-4-3-9-21-15/h3-9H,10-11H2,1-2H3,(H,17,20). The van der Waals surface area contributed by atoms with Crippen LogP contribution in [-0.4, -0.2) is 18.9 Å². The van der Waals surface area contributed by atoms with Crippen molar-refractivity contribution >= 4 is 17.5 Å². The van der Waals surface area contributed by atoms with Crippen LogP contribution in [0.15, 0.2) is 47.1 Å². The summed E-state index contributed by atoms with van der Waals surface area (Å²) in [6.07, 6.45) is 1.87. The highest BCUT2D eigenvalue weighted by Gasteiger charge is 2.07. The molecule has 1 aromatic heterocycles. The van der Waals surface area contributed by atoms with Gasteiger partial charge in [0.2, 0.25) is 11.8 Å². The van der Waals surface area contributed by atoms with Crippen LogP contribution in [0, 0.1) is 0 Å². The lowest BCUT2D eigenvalue weighted by Gasteiger charge is -2.15. The molecule has 1 heterocycles. The molecular formula is C16H18N2O3. The lowest BCUT2D eigenvalue weighted by Crippen LogP contribution is -2.24. The molecule has 5 heteroatoms.